The third-order valence-corrected chi connectivity index (χ3v) is 5.24. The SMILES string of the molecule is COCCNCc1ccc(Nc2nccc(-c3cnc(N4CCC(F)C4)c(C#N)c3)n2)cn1. The third-order valence-electron chi connectivity index (χ3n) is 5.24. The van der Waals surface area contributed by atoms with Gasteiger partial charge >= 0.3 is 0 Å². The maximum absolute atomic E-state index is 13.6. The van der Waals surface area contributed by atoms with E-state index in [1.54, 1.807) is 37.8 Å². The molecule has 4 heterocycles. The molecule has 0 aliphatic carbocycles. The minimum absolute atomic E-state index is 0.263. The molecule has 0 radical (unpaired) electrons. The van der Waals surface area contributed by atoms with Crippen molar-refractivity contribution in [2.75, 3.05) is 43.6 Å². The molecule has 1 atom stereocenters. The number of hydrogen-bond acceptors (Lipinski definition) is 9. The van der Waals surface area contributed by atoms with E-state index in [1.807, 2.05) is 17.0 Å². The Kier molecular flexibility index (Phi) is 7.34. The molecule has 2 N–H and O–H groups in total. The minimum Gasteiger partial charge on any atom is -0.383 e. The van der Waals surface area contributed by atoms with Gasteiger partial charge in [-0.2, -0.15) is 5.26 Å². The predicted octanol–water partition coefficient (Wildman–Crippen LogP) is 2.83. The van der Waals surface area contributed by atoms with Crippen molar-refractivity contribution in [3.05, 3.63) is 54.1 Å². The fraction of sp³-hybridized carbons (Fsp3) is 0.348. The van der Waals surface area contributed by atoms with E-state index in [9.17, 15) is 9.65 Å². The van der Waals surface area contributed by atoms with Gasteiger partial charge in [-0.1, -0.05) is 0 Å². The van der Waals surface area contributed by atoms with Crippen molar-refractivity contribution in [3.63, 3.8) is 0 Å². The van der Waals surface area contributed by atoms with Crippen LogP contribution in [0, 0.1) is 11.3 Å². The summed E-state index contributed by atoms with van der Waals surface area (Å²) in [7, 11) is 1.67. The van der Waals surface area contributed by atoms with Crippen molar-refractivity contribution in [1.29, 1.82) is 5.26 Å². The molecule has 170 valence electrons. The number of halogens is 1. The van der Waals surface area contributed by atoms with E-state index in [2.05, 4.69) is 36.6 Å². The summed E-state index contributed by atoms with van der Waals surface area (Å²) >= 11 is 0. The van der Waals surface area contributed by atoms with E-state index in [0.717, 1.165) is 17.9 Å². The van der Waals surface area contributed by atoms with Crippen LogP contribution < -0.4 is 15.5 Å². The first-order valence-electron chi connectivity index (χ1n) is 10.7. The second-order valence-corrected chi connectivity index (χ2v) is 7.64. The molecule has 3 aromatic heterocycles. The maximum Gasteiger partial charge on any atom is 0.227 e. The summed E-state index contributed by atoms with van der Waals surface area (Å²) in [5.41, 5.74) is 3.38. The highest BCUT2D eigenvalue weighted by Gasteiger charge is 2.25. The number of nitrogens with one attached hydrogen (secondary N) is 2. The quantitative estimate of drug-likeness (QED) is 0.477. The van der Waals surface area contributed by atoms with Gasteiger partial charge in [-0.15, -0.1) is 0 Å². The summed E-state index contributed by atoms with van der Waals surface area (Å²) in [6, 6.07) is 9.49. The summed E-state index contributed by atoms with van der Waals surface area (Å²) in [5, 5.41) is 16.0. The normalized spacial score (nSPS) is 15.4. The molecule has 9 nitrogen and oxygen atoms in total. The van der Waals surface area contributed by atoms with Crippen molar-refractivity contribution in [2.45, 2.75) is 19.1 Å². The van der Waals surface area contributed by atoms with Crippen LogP contribution >= 0.6 is 0 Å². The number of nitriles is 1. The first kappa shape index (κ1) is 22.5. The fourth-order valence-electron chi connectivity index (χ4n) is 3.54. The number of anilines is 3. The van der Waals surface area contributed by atoms with Gasteiger partial charge in [0.2, 0.25) is 5.95 Å². The Labute approximate surface area is 191 Å². The van der Waals surface area contributed by atoms with E-state index < -0.39 is 6.17 Å². The predicted molar refractivity (Wildman–Crippen MR) is 123 cm³/mol. The summed E-state index contributed by atoms with van der Waals surface area (Å²) in [6.45, 7) is 2.88. The molecular weight excluding hydrogens is 423 g/mol. The zero-order chi connectivity index (χ0) is 23.0. The van der Waals surface area contributed by atoms with Crippen molar-refractivity contribution in [2.24, 2.45) is 0 Å². The average molecular weight is 449 g/mol. The molecule has 1 aliphatic heterocycles. The van der Waals surface area contributed by atoms with Gasteiger partial charge in [0, 0.05) is 44.7 Å². The van der Waals surface area contributed by atoms with Crippen molar-refractivity contribution in [1.82, 2.24) is 25.3 Å². The van der Waals surface area contributed by atoms with Crippen LogP contribution in [0.15, 0.2) is 42.9 Å². The Morgan fingerprint density at radius 2 is 2.15 bits per heavy atom. The molecule has 0 aromatic carbocycles. The number of rotatable bonds is 9. The monoisotopic (exact) mass is 448 g/mol. The average Bonchev–Trinajstić information content (AvgIpc) is 3.28. The first-order chi connectivity index (χ1) is 16.2. The first-order valence-corrected chi connectivity index (χ1v) is 10.7. The molecule has 3 aromatic rings. The summed E-state index contributed by atoms with van der Waals surface area (Å²) in [5.74, 6) is 0.916. The van der Waals surface area contributed by atoms with Gasteiger partial charge in [0.05, 0.1) is 42.0 Å². The van der Waals surface area contributed by atoms with E-state index in [4.69, 9.17) is 4.74 Å². The molecule has 10 heteroatoms. The Bertz CT molecular complexity index is 1120. The highest BCUT2D eigenvalue weighted by molar-refractivity contribution is 5.67. The van der Waals surface area contributed by atoms with Gasteiger partial charge in [-0.3, -0.25) is 4.98 Å². The Balaban J connectivity index is 1.45. The van der Waals surface area contributed by atoms with Crippen LogP contribution in [0.3, 0.4) is 0 Å². The Hall–Kier alpha value is -3.68. The largest absolute Gasteiger partial charge is 0.383 e. The van der Waals surface area contributed by atoms with Gasteiger partial charge in [0.25, 0.3) is 0 Å². The van der Waals surface area contributed by atoms with Gasteiger partial charge in [-0.25, -0.2) is 19.3 Å². The van der Waals surface area contributed by atoms with E-state index in [0.29, 0.717) is 54.7 Å². The lowest BCUT2D eigenvalue weighted by molar-refractivity contribution is 0.199. The smallest absolute Gasteiger partial charge is 0.227 e. The fourth-order valence-corrected chi connectivity index (χ4v) is 3.54. The molecule has 1 saturated heterocycles. The molecule has 0 saturated carbocycles. The second kappa shape index (κ2) is 10.8. The third kappa shape index (κ3) is 5.77. The zero-order valence-electron chi connectivity index (χ0n) is 18.3. The summed E-state index contributed by atoms with van der Waals surface area (Å²) in [4.78, 5) is 19.5. The van der Waals surface area contributed by atoms with E-state index >= 15 is 0 Å². The molecule has 0 bridgehead atoms. The highest BCUT2D eigenvalue weighted by atomic mass is 19.1. The second-order valence-electron chi connectivity index (χ2n) is 7.64. The van der Waals surface area contributed by atoms with Crippen LogP contribution in [-0.4, -0.2) is 59.5 Å². The number of alkyl halides is 1. The van der Waals surface area contributed by atoms with Crippen LogP contribution in [0.2, 0.25) is 0 Å². The molecule has 1 fully saturated rings. The standard InChI is InChI=1S/C23H25FN8O/c1-33-9-7-26-13-19-2-3-20(14-28-19)30-23-27-6-4-21(31-23)17-10-16(11-25)22(29-12-17)32-8-5-18(24)15-32/h2-4,6,10,12,14,18,26H,5,7-9,13,15H2,1H3,(H,27,30,31). The van der Waals surface area contributed by atoms with Crippen LogP contribution in [-0.2, 0) is 11.3 Å². The summed E-state index contributed by atoms with van der Waals surface area (Å²) < 4.78 is 18.6. The molecule has 4 rings (SSSR count). The van der Waals surface area contributed by atoms with Gasteiger partial charge < -0.3 is 20.3 Å². The lowest BCUT2D eigenvalue weighted by atomic mass is 10.1. The Morgan fingerprint density at radius 3 is 2.88 bits per heavy atom. The highest BCUT2D eigenvalue weighted by Crippen LogP contribution is 2.27. The number of pyridine rings is 2. The topological polar surface area (TPSA) is 112 Å². The number of hydrogen-bond donors (Lipinski definition) is 2. The molecule has 33 heavy (non-hydrogen) atoms. The number of methoxy groups -OCH3 is 1. The molecular formula is C23H25FN8O. The zero-order valence-corrected chi connectivity index (χ0v) is 18.3. The van der Waals surface area contributed by atoms with Gasteiger partial charge in [0.15, 0.2) is 0 Å². The lowest BCUT2D eigenvalue weighted by Gasteiger charge is -2.18. The number of ether oxygens (including phenoxy) is 1. The van der Waals surface area contributed by atoms with Crippen LogP contribution in [0.4, 0.5) is 21.8 Å². The van der Waals surface area contributed by atoms with Gasteiger partial charge in [0.1, 0.15) is 18.1 Å². The number of aromatic nitrogens is 4. The van der Waals surface area contributed by atoms with E-state index in [-0.39, 0.29) is 6.54 Å². The molecule has 0 amide bonds. The summed E-state index contributed by atoms with van der Waals surface area (Å²) in [6.07, 6.45) is 4.59. The Morgan fingerprint density at radius 1 is 1.24 bits per heavy atom. The van der Waals surface area contributed by atoms with Crippen molar-refractivity contribution in [3.8, 4) is 17.3 Å². The van der Waals surface area contributed by atoms with Crippen LogP contribution in [0.5, 0.6) is 0 Å². The van der Waals surface area contributed by atoms with Crippen molar-refractivity contribution < 1.29 is 9.13 Å². The maximum atomic E-state index is 13.6. The van der Waals surface area contributed by atoms with Crippen LogP contribution in [0.1, 0.15) is 17.7 Å². The van der Waals surface area contributed by atoms with Crippen molar-refractivity contribution >= 4 is 17.5 Å². The molecule has 0 spiro atoms. The molecule has 1 unspecified atom stereocenters. The van der Waals surface area contributed by atoms with Crippen LogP contribution in [0.25, 0.3) is 11.3 Å². The number of nitrogens with zero attached hydrogens (tertiary/aromatic N) is 6. The lowest BCUT2D eigenvalue weighted by Crippen LogP contribution is -2.22. The van der Waals surface area contributed by atoms with E-state index in [1.165, 1.54) is 0 Å². The minimum atomic E-state index is -0.885. The molecule has 1 aliphatic rings. The van der Waals surface area contributed by atoms with Gasteiger partial charge in [-0.05, 0) is 30.7 Å².